The van der Waals surface area contributed by atoms with Crippen molar-refractivity contribution in [1.29, 1.82) is 0 Å². The van der Waals surface area contributed by atoms with E-state index in [9.17, 15) is 0 Å². The standard InChI is InChI=1S/C13H24/c1-10(2)12-9-5-7-11-6-3-4-8-13(11)12/h10-13H,3-9H2,1-2H3/t11?,12-,13?/m1/s1. The molecule has 2 aliphatic rings. The van der Waals surface area contributed by atoms with Gasteiger partial charge in [-0.25, -0.2) is 0 Å². The van der Waals surface area contributed by atoms with Gasteiger partial charge in [-0.05, 0) is 36.5 Å². The molecule has 0 aromatic carbocycles. The van der Waals surface area contributed by atoms with Crippen molar-refractivity contribution in [2.45, 2.75) is 58.8 Å². The van der Waals surface area contributed by atoms with E-state index >= 15 is 0 Å². The fraction of sp³-hybridized carbons (Fsp3) is 1.00. The van der Waals surface area contributed by atoms with E-state index in [-0.39, 0.29) is 0 Å². The third kappa shape index (κ3) is 1.92. The average Bonchev–Trinajstić information content (AvgIpc) is 2.17. The number of rotatable bonds is 1. The SMILES string of the molecule is CC(C)[C@H]1CCCC2CCCCC21. The van der Waals surface area contributed by atoms with Gasteiger partial charge >= 0.3 is 0 Å². The third-order valence-corrected chi connectivity index (χ3v) is 4.49. The Hall–Kier alpha value is 0. The molecule has 76 valence electrons. The van der Waals surface area contributed by atoms with Crippen molar-refractivity contribution in [2.24, 2.45) is 23.7 Å². The summed E-state index contributed by atoms with van der Waals surface area (Å²) in [5.41, 5.74) is 0. The first kappa shape index (κ1) is 9.55. The normalized spacial score (nSPS) is 40.4. The van der Waals surface area contributed by atoms with Gasteiger partial charge in [0, 0.05) is 0 Å². The van der Waals surface area contributed by atoms with Crippen molar-refractivity contribution in [3.8, 4) is 0 Å². The van der Waals surface area contributed by atoms with Gasteiger partial charge in [-0.2, -0.15) is 0 Å². The highest BCUT2D eigenvalue weighted by Crippen LogP contribution is 2.46. The summed E-state index contributed by atoms with van der Waals surface area (Å²) in [6.45, 7) is 4.86. The molecule has 0 aliphatic heterocycles. The highest BCUT2D eigenvalue weighted by atomic mass is 14.4. The summed E-state index contributed by atoms with van der Waals surface area (Å²) in [5.74, 6) is 4.24. The second-order valence-corrected chi connectivity index (χ2v) is 5.55. The molecule has 0 N–H and O–H groups in total. The molecule has 2 rings (SSSR count). The lowest BCUT2D eigenvalue weighted by Gasteiger charge is -2.43. The van der Waals surface area contributed by atoms with Crippen molar-refractivity contribution in [1.82, 2.24) is 0 Å². The molecule has 0 heteroatoms. The van der Waals surface area contributed by atoms with E-state index < -0.39 is 0 Å². The van der Waals surface area contributed by atoms with Crippen LogP contribution in [-0.4, -0.2) is 0 Å². The van der Waals surface area contributed by atoms with E-state index in [2.05, 4.69) is 13.8 Å². The van der Waals surface area contributed by atoms with Crippen molar-refractivity contribution >= 4 is 0 Å². The van der Waals surface area contributed by atoms with Crippen LogP contribution < -0.4 is 0 Å². The van der Waals surface area contributed by atoms with Crippen molar-refractivity contribution in [3.63, 3.8) is 0 Å². The van der Waals surface area contributed by atoms with Crippen molar-refractivity contribution < 1.29 is 0 Å². The minimum atomic E-state index is 0.936. The molecule has 2 unspecified atom stereocenters. The Balaban J connectivity index is 2.02. The van der Waals surface area contributed by atoms with Crippen LogP contribution in [0.25, 0.3) is 0 Å². The van der Waals surface area contributed by atoms with Crippen LogP contribution in [0.2, 0.25) is 0 Å². The summed E-state index contributed by atoms with van der Waals surface area (Å²) in [5, 5.41) is 0. The fourth-order valence-corrected chi connectivity index (χ4v) is 3.82. The Labute approximate surface area is 83.1 Å². The molecule has 0 radical (unpaired) electrons. The van der Waals surface area contributed by atoms with Gasteiger partial charge in [0.1, 0.15) is 0 Å². The molecule has 2 aliphatic carbocycles. The van der Waals surface area contributed by atoms with Gasteiger partial charge in [0.15, 0.2) is 0 Å². The van der Waals surface area contributed by atoms with Crippen LogP contribution in [0.4, 0.5) is 0 Å². The molecule has 2 saturated carbocycles. The van der Waals surface area contributed by atoms with E-state index in [1.807, 2.05) is 0 Å². The molecule has 0 nitrogen and oxygen atoms in total. The van der Waals surface area contributed by atoms with E-state index in [1.54, 1.807) is 19.3 Å². The van der Waals surface area contributed by atoms with Crippen LogP contribution in [0.1, 0.15) is 58.8 Å². The molecule has 0 aromatic heterocycles. The summed E-state index contributed by atoms with van der Waals surface area (Å²) < 4.78 is 0. The van der Waals surface area contributed by atoms with E-state index in [0.29, 0.717) is 0 Å². The Morgan fingerprint density at radius 3 is 2.31 bits per heavy atom. The Morgan fingerprint density at radius 1 is 0.846 bits per heavy atom. The first-order chi connectivity index (χ1) is 6.29. The van der Waals surface area contributed by atoms with Crippen LogP contribution in [0.5, 0.6) is 0 Å². The predicted molar refractivity (Wildman–Crippen MR) is 57.6 cm³/mol. The molecule has 0 heterocycles. The lowest BCUT2D eigenvalue weighted by atomic mass is 9.63. The summed E-state index contributed by atoms with van der Waals surface area (Å²) in [6, 6.07) is 0. The monoisotopic (exact) mass is 180 g/mol. The minimum absolute atomic E-state index is 0.936. The summed E-state index contributed by atoms with van der Waals surface area (Å²) in [7, 11) is 0. The zero-order chi connectivity index (χ0) is 9.26. The first-order valence-electron chi connectivity index (χ1n) is 6.29. The zero-order valence-corrected chi connectivity index (χ0v) is 9.26. The van der Waals surface area contributed by atoms with Gasteiger partial charge in [-0.15, -0.1) is 0 Å². The molecule has 0 bridgehead atoms. The second kappa shape index (κ2) is 4.02. The van der Waals surface area contributed by atoms with Gasteiger partial charge in [0.2, 0.25) is 0 Å². The number of hydrogen-bond acceptors (Lipinski definition) is 0. The fourth-order valence-electron chi connectivity index (χ4n) is 3.82. The second-order valence-electron chi connectivity index (χ2n) is 5.55. The van der Waals surface area contributed by atoms with Gasteiger partial charge in [0.05, 0.1) is 0 Å². The lowest BCUT2D eigenvalue weighted by Crippen LogP contribution is -2.33. The molecule has 3 atom stereocenters. The maximum absolute atomic E-state index is 2.43. The molecule has 0 spiro atoms. The number of hydrogen-bond donors (Lipinski definition) is 0. The molecular weight excluding hydrogens is 156 g/mol. The van der Waals surface area contributed by atoms with Crippen LogP contribution in [-0.2, 0) is 0 Å². The first-order valence-corrected chi connectivity index (χ1v) is 6.29. The Morgan fingerprint density at radius 2 is 1.54 bits per heavy atom. The maximum atomic E-state index is 2.43. The topological polar surface area (TPSA) is 0 Å². The van der Waals surface area contributed by atoms with E-state index in [0.717, 1.165) is 23.7 Å². The van der Waals surface area contributed by atoms with Gasteiger partial charge in [0.25, 0.3) is 0 Å². The highest BCUT2D eigenvalue weighted by molar-refractivity contribution is 4.86. The van der Waals surface area contributed by atoms with Crippen LogP contribution in [0.3, 0.4) is 0 Å². The number of fused-ring (bicyclic) bond motifs is 1. The van der Waals surface area contributed by atoms with Crippen molar-refractivity contribution in [3.05, 3.63) is 0 Å². The largest absolute Gasteiger partial charge is 0.0625 e. The lowest BCUT2D eigenvalue weighted by molar-refractivity contribution is 0.0747. The van der Waals surface area contributed by atoms with E-state index in [4.69, 9.17) is 0 Å². The molecule has 0 amide bonds. The van der Waals surface area contributed by atoms with E-state index in [1.165, 1.54) is 25.7 Å². The van der Waals surface area contributed by atoms with Crippen LogP contribution in [0, 0.1) is 23.7 Å². The summed E-state index contributed by atoms with van der Waals surface area (Å²) >= 11 is 0. The minimum Gasteiger partial charge on any atom is -0.0625 e. The molecule has 2 fully saturated rings. The highest BCUT2D eigenvalue weighted by Gasteiger charge is 2.35. The van der Waals surface area contributed by atoms with Gasteiger partial charge < -0.3 is 0 Å². The van der Waals surface area contributed by atoms with Gasteiger partial charge in [-0.3, -0.25) is 0 Å². The molecule has 13 heavy (non-hydrogen) atoms. The van der Waals surface area contributed by atoms with Crippen LogP contribution in [0.15, 0.2) is 0 Å². The quantitative estimate of drug-likeness (QED) is 0.566. The average molecular weight is 180 g/mol. The van der Waals surface area contributed by atoms with Gasteiger partial charge in [-0.1, -0.05) is 46.0 Å². The zero-order valence-electron chi connectivity index (χ0n) is 9.26. The smallest absolute Gasteiger partial charge is 0.0355 e. The maximum Gasteiger partial charge on any atom is -0.0355 e. The summed E-state index contributed by atoms with van der Waals surface area (Å²) in [4.78, 5) is 0. The Kier molecular flexibility index (Phi) is 2.96. The molecule has 0 saturated heterocycles. The molecular formula is C13H24. The van der Waals surface area contributed by atoms with Crippen molar-refractivity contribution in [2.75, 3.05) is 0 Å². The Bertz CT molecular complexity index is 157. The molecule has 0 aromatic rings. The third-order valence-electron chi connectivity index (χ3n) is 4.49. The summed E-state index contributed by atoms with van der Waals surface area (Å²) in [6.07, 6.45) is 10.7. The predicted octanol–water partition coefficient (Wildman–Crippen LogP) is 4.25. The van der Waals surface area contributed by atoms with Crippen LogP contribution >= 0.6 is 0 Å².